The molecular formula is C16H29N3O3S. The van der Waals surface area contributed by atoms with Crippen molar-refractivity contribution in [2.45, 2.75) is 47.0 Å². The highest BCUT2D eigenvalue weighted by atomic mass is 32.2. The van der Waals surface area contributed by atoms with Gasteiger partial charge in [0.1, 0.15) is 0 Å². The van der Waals surface area contributed by atoms with E-state index in [1.165, 1.54) is 11.8 Å². The van der Waals surface area contributed by atoms with Crippen molar-refractivity contribution < 1.29 is 14.4 Å². The Bertz CT molecular complexity index is 427. The summed E-state index contributed by atoms with van der Waals surface area (Å²) < 4.78 is 0. The Kier molecular flexibility index (Phi) is 11.2. The number of hydrogen-bond acceptors (Lipinski definition) is 4. The average molecular weight is 343 g/mol. The lowest BCUT2D eigenvalue weighted by molar-refractivity contribution is -0.123. The first-order chi connectivity index (χ1) is 10.9. The number of carbonyl (C=O) groups excluding carboxylic acids is 3. The van der Waals surface area contributed by atoms with Crippen molar-refractivity contribution in [2.24, 2.45) is 0 Å². The third-order valence-corrected chi connectivity index (χ3v) is 3.74. The molecule has 0 aromatic rings. The molecule has 0 aromatic heterocycles. The molecule has 0 aliphatic carbocycles. The lowest BCUT2D eigenvalue weighted by Gasteiger charge is -2.28. The summed E-state index contributed by atoms with van der Waals surface area (Å²) in [5, 5.41) is 2.69. The number of carbonyl (C=O) groups is 3. The topological polar surface area (TPSA) is 69.7 Å². The smallest absolute Gasteiger partial charge is 0.335 e. The van der Waals surface area contributed by atoms with Gasteiger partial charge in [0.15, 0.2) is 0 Å². The maximum absolute atomic E-state index is 12.7. The second-order valence-electron chi connectivity index (χ2n) is 4.98. The summed E-state index contributed by atoms with van der Waals surface area (Å²) in [7, 11) is 0. The van der Waals surface area contributed by atoms with Crippen LogP contribution in [-0.2, 0) is 4.79 Å². The van der Waals surface area contributed by atoms with Crippen molar-refractivity contribution >= 4 is 29.7 Å². The molecule has 23 heavy (non-hydrogen) atoms. The van der Waals surface area contributed by atoms with Crippen LogP contribution in [-0.4, -0.2) is 53.2 Å². The van der Waals surface area contributed by atoms with E-state index in [1.807, 2.05) is 27.7 Å². The van der Waals surface area contributed by atoms with E-state index in [9.17, 15) is 14.4 Å². The van der Waals surface area contributed by atoms with E-state index in [0.29, 0.717) is 30.0 Å². The molecule has 0 rings (SSSR count). The van der Waals surface area contributed by atoms with Gasteiger partial charge in [-0.3, -0.25) is 9.69 Å². The summed E-state index contributed by atoms with van der Waals surface area (Å²) in [6.45, 7) is 12.4. The van der Waals surface area contributed by atoms with E-state index in [4.69, 9.17) is 0 Å². The minimum Gasteiger partial charge on any atom is -0.338 e. The van der Waals surface area contributed by atoms with E-state index in [-0.39, 0.29) is 13.1 Å². The molecular weight excluding hydrogens is 314 g/mol. The van der Waals surface area contributed by atoms with Crippen LogP contribution in [0.1, 0.15) is 47.0 Å². The van der Waals surface area contributed by atoms with Crippen LogP contribution in [0.15, 0.2) is 11.5 Å². The van der Waals surface area contributed by atoms with Gasteiger partial charge >= 0.3 is 12.1 Å². The minimum absolute atomic E-state index is 0.266. The molecule has 0 saturated heterocycles. The van der Waals surface area contributed by atoms with Crippen molar-refractivity contribution in [3.8, 4) is 0 Å². The number of amides is 5. The molecule has 0 aliphatic rings. The fourth-order valence-corrected chi connectivity index (χ4v) is 2.46. The van der Waals surface area contributed by atoms with Crippen LogP contribution in [0.3, 0.4) is 0 Å². The van der Waals surface area contributed by atoms with Crippen LogP contribution in [0, 0.1) is 0 Å². The maximum atomic E-state index is 12.7. The Labute approximate surface area is 143 Å². The largest absolute Gasteiger partial charge is 0.338 e. The summed E-state index contributed by atoms with van der Waals surface area (Å²) in [5.74, 6) is 0.280. The standard InChI is InChI=1S/C16H29N3O3S/c1-6-10-17-15(21)19(12-8-3)16(22)18(11-7-2)14(20)13(5)23-9-4/h5-12H2,1-4H3,(H,17,21). The van der Waals surface area contributed by atoms with Gasteiger partial charge in [-0.1, -0.05) is 34.3 Å². The van der Waals surface area contributed by atoms with Gasteiger partial charge in [-0.25, -0.2) is 14.5 Å². The maximum Gasteiger partial charge on any atom is 0.335 e. The van der Waals surface area contributed by atoms with Gasteiger partial charge in [-0.05, 0) is 25.0 Å². The Balaban J connectivity index is 5.23. The van der Waals surface area contributed by atoms with Gasteiger partial charge in [0.25, 0.3) is 5.91 Å². The predicted molar refractivity (Wildman–Crippen MR) is 95.4 cm³/mol. The second kappa shape index (κ2) is 12.0. The zero-order valence-electron chi connectivity index (χ0n) is 14.7. The lowest BCUT2D eigenvalue weighted by atomic mass is 10.3. The number of imide groups is 2. The monoisotopic (exact) mass is 343 g/mol. The zero-order valence-corrected chi connectivity index (χ0v) is 15.5. The highest BCUT2D eigenvalue weighted by Gasteiger charge is 2.30. The van der Waals surface area contributed by atoms with Crippen LogP contribution in [0.5, 0.6) is 0 Å². The highest BCUT2D eigenvalue weighted by Crippen LogP contribution is 2.17. The van der Waals surface area contributed by atoms with Crippen molar-refractivity contribution in [3.63, 3.8) is 0 Å². The first kappa shape index (κ1) is 21.5. The van der Waals surface area contributed by atoms with E-state index in [0.717, 1.165) is 16.2 Å². The molecule has 7 heteroatoms. The van der Waals surface area contributed by atoms with Crippen LogP contribution in [0.2, 0.25) is 0 Å². The third kappa shape index (κ3) is 7.07. The zero-order chi connectivity index (χ0) is 17.8. The number of rotatable bonds is 9. The van der Waals surface area contributed by atoms with Gasteiger partial charge in [0, 0.05) is 19.6 Å². The number of nitrogens with zero attached hydrogens (tertiary/aromatic N) is 2. The lowest BCUT2D eigenvalue weighted by Crippen LogP contribution is -2.52. The molecule has 0 spiro atoms. The van der Waals surface area contributed by atoms with Gasteiger partial charge < -0.3 is 5.32 Å². The van der Waals surface area contributed by atoms with Crippen LogP contribution in [0.25, 0.3) is 0 Å². The van der Waals surface area contributed by atoms with E-state index in [2.05, 4.69) is 11.9 Å². The summed E-state index contributed by atoms with van der Waals surface area (Å²) >= 11 is 1.30. The Morgan fingerprint density at radius 2 is 1.52 bits per heavy atom. The molecule has 0 aromatic carbocycles. The third-order valence-electron chi connectivity index (χ3n) is 2.93. The van der Waals surface area contributed by atoms with Gasteiger partial charge in [0.05, 0.1) is 4.91 Å². The van der Waals surface area contributed by atoms with Crippen molar-refractivity contribution in [3.05, 3.63) is 11.5 Å². The molecule has 0 radical (unpaired) electrons. The van der Waals surface area contributed by atoms with Crippen LogP contribution >= 0.6 is 11.8 Å². The van der Waals surface area contributed by atoms with Gasteiger partial charge in [-0.15, -0.1) is 11.8 Å². The molecule has 0 fully saturated rings. The summed E-state index contributed by atoms with van der Waals surface area (Å²) in [6.07, 6.45) is 2.03. The molecule has 132 valence electrons. The van der Waals surface area contributed by atoms with Crippen molar-refractivity contribution in [1.29, 1.82) is 0 Å². The Morgan fingerprint density at radius 1 is 0.957 bits per heavy atom. The van der Waals surface area contributed by atoms with E-state index < -0.39 is 18.0 Å². The van der Waals surface area contributed by atoms with Crippen molar-refractivity contribution in [2.75, 3.05) is 25.4 Å². The highest BCUT2D eigenvalue weighted by molar-refractivity contribution is 8.03. The molecule has 0 aliphatic heterocycles. The molecule has 1 N–H and O–H groups in total. The first-order valence-corrected chi connectivity index (χ1v) is 9.15. The second-order valence-corrected chi connectivity index (χ2v) is 6.34. The molecule has 5 amide bonds. The molecule has 0 heterocycles. The first-order valence-electron chi connectivity index (χ1n) is 8.17. The van der Waals surface area contributed by atoms with Gasteiger partial charge in [0.2, 0.25) is 0 Å². The average Bonchev–Trinajstić information content (AvgIpc) is 2.54. The number of nitrogens with one attached hydrogen (secondary N) is 1. The molecule has 0 saturated carbocycles. The summed E-state index contributed by atoms with van der Waals surface area (Å²) in [4.78, 5) is 39.9. The fourth-order valence-electron chi connectivity index (χ4n) is 1.87. The van der Waals surface area contributed by atoms with E-state index in [1.54, 1.807) is 0 Å². The molecule has 0 atom stereocenters. The number of hydrogen-bond donors (Lipinski definition) is 1. The van der Waals surface area contributed by atoms with Crippen LogP contribution < -0.4 is 5.32 Å². The fraction of sp³-hybridized carbons (Fsp3) is 0.688. The number of urea groups is 2. The Hall–Kier alpha value is -1.50. The molecule has 0 unspecified atom stereocenters. The SMILES string of the molecule is C=C(SCC)C(=O)N(CCC)C(=O)N(CCC)C(=O)NCCC. The molecule has 6 nitrogen and oxygen atoms in total. The summed E-state index contributed by atoms with van der Waals surface area (Å²) in [6, 6.07) is -1.04. The van der Waals surface area contributed by atoms with E-state index >= 15 is 0 Å². The quantitative estimate of drug-likeness (QED) is 0.651. The minimum atomic E-state index is -0.579. The number of thioether (sulfide) groups is 1. The molecule has 0 bridgehead atoms. The summed E-state index contributed by atoms with van der Waals surface area (Å²) in [5.41, 5.74) is 0. The van der Waals surface area contributed by atoms with Gasteiger partial charge in [-0.2, -0.15) is 0 Å². The Morgan fingerprint density at radius 3 is 2.00 bits per heavy atom. The van der Waals surface area contributed by atoms with Crippen LogP contribution in [0.4, 0.5) is 9.59 Å². The normalized spacial score (nSPS) is 10.1. The van der Waals surface area contributed by atoms with Crippen molar-refractivity contribution in [1.82, 2.24) is 15.1 Å². The predicted octanol–water partition coefficient (Wildman–Crippen LogP) is 3.44.